The summed E-state index contributed by atoms with van der Waals surface area (Å²) in [5, 5.41) is 13.2. The van der Waals surface area contributed by atoms with E-state index >= 15 is 0 Å². The van der Waals surface area contributed by atoms with Crippen molar-refractivity contribution in [3.05, 3.63) is 30.3 Å². The molecule has 1 heterocycles. The van der Waals surface area contributed by atoms with Crippen molar-refractivity contribution in [3.8, 4) is 11.4 Å². The van der Waals surface area contributed by atoms with Gasteiger partial charge in [-0.15, -0.1) is 5.10 Å². The first-order valence-corrected chi connectivity index (χ1v) is 4.07. The summed E-state index contributed by atoms with van der Waals surface area (Å²) in [6, 6.07) is 8.18. The zero-order chi connectivity index (χ0) is 10.1. The van der Waals surface area contributed by atoms with E-state index in [1.165, 1.54) is 4.68 Å². The van der Waals surface area contributed by atoms with E-state index in [0.717, 1.165) is 0 Å². The second-order valence-electron chi connectivity index (χ2n) is 2.93. The summed E-state index contributed by atoms with van der Waals surface area (Å²) in [6.07, 6.45) is 0. The Labute approximate surface area is 80.6 Å². The van der Waals surface area contributed by atoms with E-state index < -0.39 is 0 Å². The summed E-state index contributed by atoms with van der Waals surface area (Å²) >= 11 is 0. The summed E-state index contributed by atoms with van der Waals surface area (Å²) in [5.74, 6) is 0.954. The molecule has 5 N–H and O–H groups in total. The normalized spacial score (nSPS) is 10.3. The molecule has 0 fully saturated rings. The molecule has 0 aliphatic rings. The van der Waals surface area contributed by atoms with Crippen LogP contribution in [0.25, 0.3) is 5.69 Å². The maximum Gasteiger partial charge on any atom is 0.148 e. The van der Waals surface area contributed by atoms with E-state index in [1.807, 2.05) is 0 Å². The highest BCUT2D eigenvalue weighted by atomic mass is 16.3. The predicted molar refractivity (Wildman–Crippen MR) is 54.1 cm³/mol. The van der Waals surface area contributed by atoms with Crippen LogP contribution in [-0.4, -0.2) is 14.9 Å². The molecule has 0 bridgehead atoms. The van der Waals surface area contributed by atoms with Gasteiger partial charge in [-0.05, 0) is 12.1 Å². The van der Waals surface area contributed by atoms with Crippen molar-refractivity contribution in [3.63, 3.8) is 0 Å². The van der Waals surface area contributed by atoms with Gasteiger partial charge in [-0.3, -0.25) is 0 Å². The standard InChI is InChI=1S/C9H10N4O/c10-8-5-9(11)13(12-8)6-2-1-3-7(14)4-6/h1-5,14H,11H2,(H2,10,12). The van der Waals surface area contributed by atoms with Gasteiger partial charge in [0, 0.05) is 12.1 Å². The Bertz CT molecular complexity index is 464. The van der Waals surface area contributed by atoms with Crippen molar-refractivity contribution in [2.45, 2.75) is 0 Å². The maximum atomic E-state index is 9.26. The Morgan fingerprint density at radius 1 is 1.21 bits per heavy atom. The fourth-order valence-corrected chi connectivity index (χ4v) is 1.25. The molecule has 5 heteroatoms. The number of hydrogen-bond acceptors (Lipinski definition) is 4. The van der Waals surface area contributed by atoms with Crippen LogP contribution in [0, 0.1) is 0 Å². The smallest absolute Gasteiger partial charge is 0.148 e. The highest BCUT2D eigenvalue weighted by molar-refractivity contribution is 5.50. The Hall–Kier alpha value is -2.17. The van der Waals surface area contributed by atoms with E-state index in [0.29, 0.717) is 17.3 Å². The Morgan fingerprint density at radius 2 is 2.00 bits per heavy atom. The molecule has 2 rings (SSSR count). The largest absolute Gasteiger partial charge is 0.508 e. The number of nitrogen functional groups attached to an aromatic ring is 2. The molecule has 72 valence electrons. The molecule has 14 heavy (non-hydrogen) atoms. The van der Waals surface area contributed by atoms with Crippen molar-refractivity contribution >= 4 is 11.6 Å². The molecule has 1 aromatic heterocycles. The lowest BCUT2D eigenvalue weighted by atomic mass is 10.3. The minimum Gasteiger partial charge on any atom is -0.508 e. The molecule has 1 aromatic carbocycles. The number of benzene rings is 1. The number of anilines is 2. The molecule has 5 nitrogen and oxygen atoms in total. The first-order valence-electron chi connectivity index (χ1n) is 4.07. The first-order chi connectivity index (χ1) is 6.66. The maximum absolute atomic E-state index is 9.26. The average molecular weight is 190 g/mol. The summed E-state index contributed by atoms with van der Waals surface area (Å²) < 4.78 is 1.47. The van der Waals surface area contributed by atoms with E-state index in [9.17, 15) is 5.11 Å². The number of nitrogens with zero attached hydrogens (tertiary/aromatic N) is 2. The number of phenolic OH excluding ortho intramolecular Hbond substituents is 1. The summed E-state index contributed by atoms with van der Waals surface area (Å²) in [7, 11) is 0. The SMILES string of the molecule is Nc1cc(N)n(-c2cccc(O)c2)n1. The van der Waals surface area contributed by atoms with Crippen molar-refractivity contribution in [1.29, 1.82) is 0 Å². The second-order valence-corrected chi connectivity index (χ2v) is 2.93. The van der Waals surface area contributed by atoms with Gasteiger partial charge in [0.2, 0.25) is 0 Å². The monoisotopic (exact) mass is 190 g/mol. The Morgan fingerprint density at radius 3 is 2.57 bits per heavy atom. The van der Waals surface area contributed by atoms with Gasteiger partial charge in [0.1, 0.15) is 17.4 Å². The topological polar surface area (TPSA) is 90.1 Å². The summed E-state index contributed by atoms with van der Waals surface area (Å²) in [4.78, 5) is 0. The van der Waals surface area contributed by atoms with Gasteiger partial charge in [0.15, 0.2) is 0 Å². The highest BCUT2D eigenvalue weighted by Gasteiger charge is 2.04. The van der Waals surface area contributed by atoms with Gasteiger partial charge in [0.05, 0.1) is 5.69 Å². The average Bonchev–Trinajstić information content (AvgIpc) is 2.45. The fourth-order valence-electron chi connectivity index (χ4n) is 1.25. The first kappa shape index (κ1) is 8.43. The number of hydrogen-bond donors (Lipinski definition) is 3. The van der Waals surface area contributed by atoms with Crippen LogP contribution < -0.4 is 11.5 Å². The Kier molecular flexibility index (Phi) is 1.78. The van der Waals surface area contributed by atoms with Crippen LogP contribution >= 0.6 is 0 Å². The quantitative estimate of drug-likeness (QED) is 0.618. The molecule has 0 saturated heterocycles. The van der Waals surface area contributed by atoms with Gasteiger partial charge in [-0.2, -0.15) is 0 Å². The van der Waals surface area contributed by atoms with Crippen LogP contribution in [-0.2, 0) is 0 Å². The lowest BCUT2D eigenvalue weighted by Crippen LogP contribution is -2.01. The minimum atomic E-state index is 0.163. The molecule has 0 unspecified atom stereocenters. The number of aromatic nitrogens is 2. The number of aromatic hydroxyl groups is 1. The van der Waals surface area contributed by atoms with Crippen molar-refractivity contribution in [2.24, 2.45) is 0 Å². The summed E-state index contributed by atoms with van der Waals surface area (Å²) in [5.41, 5.74) is 11.8. The van der Waals surface area contributed by atoms with Crippen LogP contribution in [0.15, 0.2) is 30.3 Å². The van der Waals surface area contributed by atoms with E-state index in [4.69, 9.17) is 11.5 Å². The lowest BCUT2D eigenvalue weighted by molar-refractivity contribution is 0.475. The third-order valence-electron chi connectivity index (χ3n) is 1.83. The van der Waals surface area contributed by atoms with Crippen molar-refractivity contribution in [1.82, 2.24) is 9.78 Å². The highest BCUT2D eigenvalue weighted by Crippen LogP contribution is 2.18. The zero-order valence-electron chi connectivity index (χ0n) is 7.38. The van der Waals surface area contributed by atoms with Crippen LogP contribution in [0.2, 0.25) is 0 Å². The van der Waals surface area contributed by atoms with E-state index in [-0.39, 0.29) is 5.75 Å². The number of rotatable bonds is 1. The van der Waals surface area contributed by atoms with Crippen molar-refractivity contribution < 1.29 is 5.11 Å². The second kappa shape index (κ2) is 2.95. The fraction of sp³-hybridized carbons (Fsp3) is 0. The van der Waals surface area contributed by atoms with Gasteiger partial charge in [-0.1, -0.05) is 6.07 Å². The van der Waals surface area contributed by atoms with Crippen LogP contribution in [0.4, 0.5) is 11.6 Å². The predicted octanol–water partition coefficient (Wildman–Crippen LogP) is 0.742. The molecule has 0 spiro atoms. The number of nitrogens with two attached hydrogens (primary N) is 2. The molecular formula is C9H10N4O. The van der Waals surface area contributed by atoms with Crippen molar-refractivity contribution in [2.75, 3.05) is 11.5 Å². The summed E-state index contributed by atoms with van der Waals surface area (Å²) in [6.45, 7) is 0. The van der Waals surface area contributed by atoms with Gasteiger partial charge >= 0.3 is 0 Å². The molecule has 0 aliphatic carbocycles. The van der Waals surface area contributed by atoms with Crippen LogP contribution in [0.5, 0.6) is 5.75 Å². The van der Waals surface area contributed by atoms with Gasteiger partial charge in [0.25, 0.3) is 0 Å². The molecule has 0 saturated carbocycles. The third-order valence-corrected chi connectivity index (χ3v) is 1.83. The van der Waals surface area contributed by atoms with Crippen LogP contribution in [0.1, 0.15) is 0 Å². The molecule has 0 aliphatic heterocycles. The van der Waals surface area contributed by atoms with E-state index in [2.05, 4.69) is 5.10 Å². The van der Waals surface area contributed by atoms with E-state index in [1.54, 1.807) is 30.3 Å². The Balaban J connectivity index is 2.54. The molecule has 0 atom stereocenters. The lowest BCUT2D eigenvalue weighted by Gasteiger charge is -2.03. The third kappa shape index (κ3) is 1.35. The van der Waals surface area contributed by atoms with Gasteiger partial charge in [-0.25, -0.2) is 4.68 Å². The molecule has 2 aromatic rings. The number of phenols is 1. The molecule has 0 radical (unpaired) electrons. The zero-order valence-corrected chi connectivity index (χ0v) is 7.38. The van der Waals surface area contributed by atoms with Crippen LogP contribution in [0.3, 0.4) is 0 Å². The van der Waals surface area contributed by atoms with Gasteiger partial charge < -0.3 is 16.6 Å². The minimum absolute atomic E-state index is 0.163. The molecular weight excluding hydrogens is 180 g/mol. The molecule has 0 amide bonds.